The fourth-order valence-corrected chi connectivity index (χ4v) is 3.37. The van der Waals surface area contributed by atoms with Gasteiger partial charge in [-0.05, 0) is 56.4 Å². The fourth-order valence-electron chi connectivity index (χ4n) is 3.37. The van der Waals surface area contributed by atoms with Crippen LogP contribution in [0.15, 0.2) is 0 Å². The molecule has 2 heteroatoms. The minimum atomic E-state index is -0.0190. The maximum absolute atomic E-state index is 9.50. The Morgan fingerprint density at radius 2 is 1.88 bits per heavy atom. The van der Waals surface area contributed by atoms with Crippen molar-refractivity contribution < 1.29 is 5.11 Å². The highest BCUT2D eigenvalue weighted by atomic mass is 16.3. The summed E-state index contributed by atoms with van der Waals surface area (Å²) in [6, 6.07) is 0.724. The molecule has 2 nitrogen and oxygen atoms in total. The maximum atomic E-state index is 9.50. The summed E-state index contributed by atoms with van der Waals surface area (Å²) in [6.45, 7) is 5.88. The molecule has 2 saturated carbocycles. The summed E-state index contributed by atoms with van der Waals surface area (Å²) in [5, 5.41) is 13.3. The van der Waals surface area contributed by atoms with Crippen molar-refractivity contribution in [3.05, 3.63) is 0 Å². The van der Waals surface area contributed by atoms with Gasteiger partial charge in [-0.3, -0.25) is 0 Å². The van der Waals surface area contributed by atoms with Crippen LogP contribution in [-0.4, -0.2) is 23.8 Å². The second-order valence-electron chi connectivity index (χ2n) is 6.24. The summed E-state index contributed by atoms with van der Waals surface area (Å²) in [6.07, 6.45) is 7.36. The second kappa shape index (κ2) is 5.50. The van der Waals surface area contributed by atoms with Gasteiger partial charge in [-0.1, -0.05) is 20.3 Å². The standard InChI is InChI=1S/C14H27NO/c1-10-3-4-11(2)14(7-10)15-9-12-5-6-13(16)8-12/h10-16H,3-9H2,1-2H3. The molecule has 0 radical (unpaired) electrons. The van der Waals surface area contributed by atoms with Gasteiger partial charge < -0.3 is 10.4 Å². The molecule has 94 valence electrons. The minimum absolute atomic E-state index is 0.0190. The summed E-state index contributed by atoms with van der Waals surface area (Å²) < 4.78 is 0. The Bertz CT molecular complexity index is 219. The van der Waals surface area contributed by atoms with E-state index in [1.54, 1.807) is 0 Å². The molecule has 2 aliphatic rings. The zero-order chi connectivity index (χ0) is 11.5. The van der Waals surface area contributed by atoms with Gasteiger partial charge >= 0.3 is 0 Å². The molecule has 16 heavy (non-hydrogen) atoms. The Hall–Kier alpha value is -0.0800. The molecule has 2 aliphatic carbocycles. The van der Waals surface area contributed by atoms with E-state index >= 15 is 0 Å². The molecular formula is C14H27NO. The summed E-state index contributed by atoms with van der Waals surface area (Å²) >= 11 is 0. The molecule has 0 aromatic heterocycles. The molecule has 0 aliphatic heterocycles. The predicted molar refractivity (Wildman–Crippen MR) is 67.3 cm³/mol. The Morgan fingerprint density at radius 1 is 1.06 bits per heavy atom. The van der Waals surface area contributed by atoms with E-state index in [1.807, 2.05) is 0 Å². The van der Waals surface area contributed by atoms with Crippen LogP contribution >= 0.6 is 0 Å². The first-order chi connectivity index (χ1) is 7.65. The van der Waals surface area contributed by atoms with Gasteiger partial charge in [0.15, 0.2) is 0 Å². The predicted octanol–water partition coefficient (Wildman–Crippen LogP) is 2.56. The van der Waals surface area contributed by atoms with E-state index in [-0.39, 0.29) is 6.10 Å². The summed E-state index contributed by atoms with van der Waals surface area (Å²) in [4.78, 5) is 0. The van der Waals surface area contributed by atoms with Gasteiger partial charge in [-0.15, -0.1) is 0 Å². The third-order valence-corrected chi connectivity index (χ3v) is 4.64. The van der Waals surface area contributed by atoms with Crippen LogP contribution in [-0.2, 0) is 0 Å². The summed E-state index contributed by atoms with van der Waals surface area (Å²) in [7, 11) is 0. The molecule has 0 spiro atoms. The van der Waals surface area contributed by atoms with Gasteiger partial charge in [0.05, 0.1) is 6.10 Å². The first kappa shape index (κ1) is 12.4. The second-order valence-corrected chi connectivity index (χ2v) is 6.24. The number of aliphatic hydroxyl groups is 1. The van der Waals surface area contributed by atoms with Crippen molar-refractivity contribution in [2.45, 2.75) is 64.5 Å². The van der Waals surface area contributed by atoms with Gasteiger partial charge in [0, 0.05) is 6.04 Å². The number of rotatable bonds is 3. The minimum Gasteiger partial charge on any atom is -0.393 e. The monoisotopic (exact) mass is 225 g/mol. The number of hydrogen-bond donors (Lipinski definition) is 2. The van der Waals surface area contributed by atoms with E-state index < -0.39 is 0 Å². The lowest BCUT2D eigenvalue weighted by Crippen LogP contribution is -2.41. The van der Waals surface area contributed by atoms with Crippen molar-refractivity contribution in [1.29, 1.82) is 0 Å². The third-order valence-electron chi connectivity index (χ3n) is 4.64. The molecule has 0 aromatic rings. The zero-order valence-corrected chi connectivity index (χ0v) is 10.8. The van der Waals surface area contributed by atoms with E-state index in [9.17, 15) is 5.11 Å². The van der Waals surface area contributed by atoms with Crippen molar-refractivity contribution in [2.75, 3.05) is 6.54 Å². The highest BCUT2D eigenvalue weighted by Crippen LogP contribution is 2.30. The Balaban J connectivity index is 1.72. The van der Waals surface area contributed by atoms with E-state index in [4.69, 9.17) is 0 Å². The van der Waals surface area contributed by atoms with Gasteiger partial charge in [-0.2, -0.15) is 0 Å². The number of nitrogens with one attached hydrogen (secondary N) is 1. The SMILES string of the molecule is CC1CCC(C)C(NCC2CCC(O)C2)C1. The molecule has 0 amide bonds. The van der Waals surface area contributed by atoms with Crippen LogP contribution in [0.5, 0.6) is 0 Å². The van der Waals surface area contributed by atoms with E-state index in [0.29, 0.717) is 0 Å². The average molecular weight is 225 g/mol. The highest BCUT2D eigenvalue weighted by Gasteiger charge is 2.27. The van der Waals surface area contributed by atoms with Crippen LogP contribution in [0.4, 0.5) is 0 Å². The van der Waals surface area contributed by atoms with E-state index in [1.165, 1.54) is 25.7 Å². The lowest BCUT2D eigenvalue weighted by atomic mass is 9.80. The Labute approximate surface area is 99.8 Å². The molecule has 2 rings (SSSR count). The van der Waals surface area contributed by atoms with Crippen LogP contribution in [0.1, 0.15) is 52.4 Å². The van der Waals surface area contributed by atoms with Crippen LogP contribution in [0, 0.1) is 17.8 Å². The molecule has 0 aromatic carbocycles. The van der Waals surface area contributed by atoms with Crippen LogP contribution < -0.4 is 5.32 Å². The Morgan fingerprint density at radius 3 is 2.56 bits per heavy atom. The van der Waals surface area contributed by atoms with Crippen molar-refractivity contribution in [3.8, 4) is 0 Å². The molecule has 2 fully saturated rings. The smallest absolute Gasteiger partial charge is 0.0543 e. The van der Waals surface area contributed by atoms with Crippen molar-refractivity contribution in [3.63, 3.8) is 0 Å². The molecule has 5 unspecified atom stereocenters. The third kappa shape index (κ3) is 3.21. The molecule has 0 heterocycles. The zero-order valence-electron chi connectivity index (χ0n) is 10.8. The van der Waals surface area contributed by atoms with E-state index in [2.05, 4.69) is 19.2 Å². The lowest BCUT2D eigenvalue weighted by molar-refractivity contribution is 0.174. The fraction of sp³-hybridized carbons (Fsp3) is 1.00. The first-order valence-electron chi connectivity index (χ1n) is 7.06. The van der Waals surface area contributed by atoms with Gasteiger partial charge in [0.1, 0.15) is 0 Å². The van der Waals surface area contributed by atoms with Gasteiger partial charge in [0.2, 0.25) is 0 Å². The van der Waals surface area contributed by atoms with Crippen LogP contribution in [0.3, 0.4) is 0 Å². The van der Waals surface area contributed by atoms with Crippen molar-refractivity contribution in [2.24, 2.45) is 17.8 Å². The molecule has 5 atom stereocenters. The summed E-state index contributed by atoms with van der Waals surface area (Å²) in [5.74, 6) is 2.45. The van der Waals surface area contributed by atoms with Crippen LogP contribution in [0.25, 0.3) is 0 Å². The average Bonchev–Trinajstić information content (AvgIpc) is 2.66. The van der Waals surface area contributed by atoms with Crippen molar-refractivity contribution in [1.82, 2.24) is 5.32 Å². The molecule has 0 bridgehead atoms. The number of hydrogen-bond acceptors (Lipinski definition) is 2. The van der Waals surface area contributed by atoms with Gasteiger partial charge in [0.25, 0.3) is 0 Å². The Kier molecular flexibility index (Phi) is 4.26. The molecule has 2 N–H and O–H groups in total. The first-order valence-corrected chi connectivity index (χ1v) is 7.06. The maximum Gasteiger partial charge on any atom is 0.0543 e. The quantitative estimate of drug-likeness (QED) is 0.773. The lowest BCUT2D eigenvalue weighted by Gasteiger charge is -2.34. The van der Waals surface area contributed by atoms with E-state index in [0.717, 1.165) is 43.2 Å². The highest BCUT2D eigenvalue weighted by molar-refractivity contribution is 4.83. The normalized spacial score (nSPS) is 44.8. The summed E-state index contributed by atoms with van der Waals surface area (Å²) in [5.41, 5.74) is 0. The van der Waals surface area contributed by atoms with Crippen molar-refractivity contribution >= 4 is 0 Å². The molecule has 0 saturated heterocycles. The molecular weight excluding hydrogens is 198 g/mol. The topological polar surface area (TPSA) is 32.3 Å². The number of aliphatic hydroxyl groups excluding tert-OH is 1. The van der Waals surface area contributed by atoms with Gasteiger partial charge in [-0.25, -0.2) is 0 Å². The largest absolute Gasteiger partial charge is 0.393 e. The van der Waals surface area contributed by atoms with Crippen LogP contribution in [0.2, 0.25) is 0 Å².